The van der Waals surface area contributed by atoms with Crippen molar-refractivity contribution in [1.82, 2.24) is 10.9 Å². The van der Waals surface area contributed by atoms with Crippen molar-refractivity contribution in [3.05, 3.63) is 0 Å². The Morgan fingerprint density at radius 1 is 1.38 bits per heavy atom. The van der Waals surface area contributed by atoms with Crippen LogP contribution in [-0.2, 0) is 9.59 Å². The van der Waals surface area contributed by atoms with Crippen LogP contribution < -0.4 is 10.9 Å². The summed E-state index contributed by atoms with van der Waals surface area (Å²) < 4.78 is 0. The summed E-state index contributed by atoms with van der Waals surface area (Å²) in [6.07, 6.45) is 2.05. The van der Waals surface area contributed by atoms with Gasteiger partial charge in [-0.25, -0.2) is 0 Å². The van der Waals surface area contributed by atoms with Gasteiger partial charge in [0, 0.05) is 6.92 Å². The molecule has 0 aromatic carbocycles. The zero-order valence-electron chi connectivity index (χ0n) is 7.39. The topological polar surface area (TPSA) is 82.0 Å². The smallest absolute Gasteiger partial charge is 0.258 e. The zero-order chi connectivity index (χ0) is 9.90. The van der Waals surface area contributed by atoms with E-state index >= 15 is 0 Å². The van der Waals surface area contributed by atoms with E-state index in [1.807, 2.05) is 6.07 Å². The molecular weight excluding hydrogens is 170 g/mol. The summed E-state index contributed by atoms with van der Waals surface area (Å²) in [4.78, 5) is 21.8. The van der Waals surface area contributed by atoms with Crippen molar-refractivity contribution in [1.29, 1.82) is 5.26 Å². The lowest BCUT2D eigenvalue weighted by molar-refractivity contribution is -0.135. The highest BCUT2D eigenvalue weighted by atomic mass is 16.2. The van der Waals surface area contributed by atoms with Crippen LogP contribution in [-0.4, -0.2) is 11.8 Å². The van der Waals surface area contributed by atoms with Crippen LogP contribution in [0.5, 0.6) is 0 Å². The molecule has 2 amide bonds. The molecule has 70 valence electrons. The first-order valence-electron chi connectivity index (χ1n) is 4.09. The molecule has 13 heavy (non-hydrogen) atoms. The molecule has 0 aromatic rings. The minimum atomic E-state index is -0.900. The van der Waals surface area contributed by atoms with Crippen LogP contribution >= 0.6 is 0 Å². The maximum atomic E-state index is 11.3. The molecule has 0 unspecified atom stereocenters. The number of carbonyl (C=O) groups excluding carboxylic acids is 2. The van der Waals surface area contributed by atoms with Gasteiger partial charge in [0.1, 0.15) is 5.41 Å². The van der Waals surface area contributed by atoms with Crippen LogP contribution in [0.15, 0.2) is 0 Å². The molecule has 0 radical (unpaired) electrons. The molecule has 0 spiro atoms. The molecule has 0 atom stereocenters. The summed E-state index contributed by atoms with van der Waals surface area (Å²) in [5.41, 5.74) is 3.48. The summed E-state index contributed by atoms with van der Waals surface area (Å²) in [7, 11) is 0. The van der Waals surface area contributed by atoms with Crippen molar-refractivity contribution in [2.75, 3.05) is 0 Å². The van der Waals surface area contributed by atoms with E-state index in [4.69, 9.17) is 5.26 Å². The van der Waals surface area contributed by atoms with E-state index in [9.17, 15) is 9.59 Å². The minimum Gasteiger partial charge on any atom is -0.274 e. The quantitative estimate of drug-likeness (QED) is 0.552. The Morgan fingerprint density at radius 3 is 2.31 bits per heavy atom. The summed E-state index contributed by atoms with van der Waals surface area (Å²) in [5.74, 6) is -0.753. The number of nitrogens with zero attached hydrogens (tertiary/aromatic N) is 1. The van der Waals surface area contributed by atoms with E-state index in [1.54, 1.807) is 0 Å². The number of carbonyl (C=O) groups is 2. The molecule has 5 nitrogen and oxygen atoms in total. The van der Waals surface area contributed by atoms with Crippen molar-refractivity contribution < 1.29 is 9.59 Å². The van der Waals surface area contributed by atoms with Crippen LogP contribution in [0.4, 0.5) is 0 Å². The van der Waals surface area contributed by atoms with E-state index < -0.39 is 11.3 Å². The van der Waals surface area contributed by atoms with Crippen LogP contribution in [0.25, 0.3) is 0 Å². The molecule has 0 heterocycles. The van der Waals surface area contributed by atoms with Gasteiger partial charge in [-0.15, -0.1) is 0 Å². The third-order valence-corrected chi connectivity index (χ3v) is 2.21. The normalized spacial score (nSPS) is 17.8. The Morgan fingerprint density at radius 2 is 2.00 bits per heavy atom. The van der Waals surface area contributed by atoms with Crippen LogP contribution in [0.3, 0.4) is 0 Å². The standard InChI is InChI=1S/C8H11N3O2/c1-6(12)10-11-7(13)8(5-9)3-2-4-8/h2-4H2,1H3,(H,10,12)(H,11,13). The largest absolute Gasteiger partial charge is 0.274 e. The zero-order valence-corrected chi connectivity index (χ0v) is 7.39. The van der Waals surface area contributed by atoms with E-state index in [2.05, 4.69) is 10.9 Å². The minimum absolute atomic E-state index is 0.347. The van der Waals surface area contributed by atoms with Crippen molar-refractivity contribution >= 4 is 11.8 Å². The average molecular weight is 181 g/mol. The first-order chi connectivity index (χ1) is 6.10. The number of amides is 2. The van der Waals surface area contributed by atoms with Gasteiger partial charge in [-0.3, -0.25) is 20.4 Å². The molecule has 1 aliphatic carbocycles. The summed E-state index contributed by atoms with van der Waals surface area (Å²) in [5, 5.41) is 8.75. The molecule has 5 heteroatoms. The SMILES string of the molecule is CC(=O)NNC(=O)C1(C#N)CCC1. The van der Waals surface area contributed by atoms with Gasteiger partial charge in [0.05, 0.1) is 6.07 Å². The second kappa shape index (κ2) is 3.44. The number of hydrazine groups is 1. The Balaban J connectivity index is 2.48. The van der Waals surface area contributed by atoms with Crippen molar-refractivity contribution in [2.45, 2.75) is 26.2 Å². The highest BCUT2D eigenvalue weighted by Crippen LogP contribution is 2.40. The van der Waals surface area contributed by atoms with E-state index in [0.717, 1.165) is 6.42 Å². The predicted octanol–water partition coefficient (Wildman–Crippen LogP) is -0.152. The number of nitriles is 1. The molecular formula is C8H11N3O2. The van der Waals surface area contributed by atoms with Crippen LogP contribution in [0.2, 0.25) is 0 Å². The van der Waals surface area contributed by atoms with Gasteiger partial charge in [-0.2, -0.15) is 5.26 Å². The van der Waals surface area contributed by atoms with Gasteiger partial charge in [-0.05, 0) is 19.3 Å². The number of nitrogens with one attached hydrogen (secondary N) is 2. The molecule has 1 fully saturated rings. The highest BCUT2D eigenvalue weighted by Gasteiger charge is 2.44. The van der Waals surface area contributed by atoms with Crippen LogP contribution in [0, 0.1) is 16.7 Å². The van der Waals surface area contributed by atoms with E-state index in [0.29, 0.717) is 12.8 Å². The van der Waals surface area contributed by atoms with E-state index in [1.165, 1.54) is 6.92 Å². The van der Waals surface area contributed by atoms with Gasteiger partial charge in [0.15, 0.2) is 0 Å². The fraction of sp³-hybridized carbons (Fsp3) is 0.625. The Hall–Kier alpha value is -1.57. The number of hydrogen-bond acceptors (Lipinski definition) is 3. The van der Waals surface area contributed by atoms with Gasteiger partial charge >= 0.3 is 0 Å². The lowest BCUT2D eigenvalue weighted by Crippen LogP contribution is -2.51. The van der Waals surface area contributed by atoms with Crippen molar-refractivity contribution in [3.63, 3.8) is 0 Å². The van der Waals surface area contributed by atoms with Gasteiger partial charge < -0.3 is 0 Å². The lowest BCUT2D eigenvalue weighted by atomic mass is 9.69. The van der Waals surface area contributed by atoms with Crippen molar-refractivity contribution in [3.8, 4) is 6.07 Å². The fourth-order valence-electron chi connectivity index (χ4n) is 1.18. The molecule has 0 aromatic heterocycles. The predicted molar refractivity (Wildman–Crippen MR) is 43.9 cm³/mol. The third kappa shape index (κ3) is 1.78. The van der Waals surface area contributed by atoms with E-state index in [-0.39, 0.29) is 5.91 Å². The Bertz CT molecular complexity index is 276. The molecule has 2 N–H and O–H groups in total. The Labute approximate surface area is 76.1 Å². The molecule has 1 rings (SSSR count). The van der Waals surface area contributed by atoms with Gasteiger partial charge in [0.2, 0.25) is 5.91 Å². The molecule has 1 saturated carbocycles. The molecule has 1 aliphatic rings. The average Bonchev–Trinajstić information content (AvgIpc) is 2.00. The lowest BCUT2D eigenvalue weighted by Gasteiger charge is -2.32. The summed E-state index contributed by atoms with van der Waals surface area (Å²) >= 11 is 0. The first kappa shape index (κ1) is 9.52. The van der Waals surface area contributed by atoms with Gasteiger partial charge in [0.25, 0.3) is 5.91 Å². The molecule has 0 saturated heterocycles. The van der Waals surface area contributed by atoms with Gasteiger partial charge in [-0.1, -0.05) is 0 Å². The number of hydrogen-bond donors (Lipinski definition) is 2. The second-order valence-electron chi connectivity index (χ2n) is 3.18. The maximum Gasteiger partial charge on any atom is 0.258 e. The molecule has 0 aliphatic heterocycles. The third-order valence-electron chi connectivity index (χ3n) is 2.21. The monoisotopic (exact) mass is 181 g/mol. The second-order valence-corrected chi connectivity index (χ2v) is 3.18. The molecule has 0 bridgehead atoms. The fourth-order valence-corrected chi connectivity index (χ4v) is 1.18. The maximum absolute atomic E-state index is 11.3. The number of rotatable bonds is 1. The summed E-state index contributed by atoms with van der Waals surface area (Å²) in [6.45, 7) is 1.29. The highest BCUT2D eigenvalue weighted by molar-refractivity contribution is 5.88. The Kier molecular flexibility index (Phi) is 2.52. The van der Waals surface area contributed by atoms with Crippen molar-refractivity contribution in [2.24, 2.45) is 5.41 Å². The van der Waals surface area contributed by atoms with Crippen LogP contribution in [0.1, 0.15) is 26.2 Å². The first-order valence-corrected chi connectivity index (χ1v) is 4.09. The summed E-state index contributed by atoms with van der Waals surface area (Å²) in [6, 6.07) is 1.98.